The van der Waals surface area contributed by atoms with Gasteiger partial charge in [-0.15, -0.1) is 0 Å². The van der Waals surface area contributed by atoms with Gasteiger partial charge in [0.2, 0.25) is 0 Å². The summed E-state index contributed by atoms with van der Waals surface area (Å²) in [5.74, 6) is -0.617. The lowest BCUT2D eigenvalue weighted by molar-refractivity contribution is 0.0963. The molecule has 0 saturated heterocycles. The Balaban J connectivity index is 1.70. The molecule has 0 aliphatic heterocycles. The van der Waals surface area contributed by atoms with Crippen molar-refractivity contribution in [2.75, 3.05) is 18.9 Å². The van der Waals surface area contributed by atoms with E-state index >= 15 is 0 Å². The fraction of sp³-hybridized carbons (Fsp3) is 0.176. The summed E-state index contributed by atoms with van der Waals surface area (Å²) >= 11 is 6.11. The van der Waals surface area contributed by atoms with Crippen molar-refractivity contribution in [3.05, 3.63) is 63.6 Å². The van der Waals surface area contributed by atoms with Gasteiger partial charge in [-0.1, -0.05) is 23.7 Å². The third-order valence-electron chi connectivity index (χ3n) is 3.68. The molecule has 0 saturated carbocycles. The Kier molecular flexibility index (Phi) is 4.57. The first-order valence-electron chi connectivity index (χ1n) is 7.44. The number of carbonyl (C=O) groups is 1. The topological polar surface area (TPSA) is 76.3 Å². The molecule has 0 atom stereocenters. The fourth-order valence-corrected chi connectivity index (χ4v) is 2.75. The molecule has 1 amide bonds. The van der Waals surface area contributed by atoms with Gasteiger partial charge in [-0.25, -0.2) is 4.79 Å². The summed E-state index contributed by atoms with van der Waals surface area (Å²) in [6, 6.07) is 12.4. The molecule has 124 valence electrons. The summed E-state index contributed by atoms with van der Waals surface area (Å²) in [6.07, 6.45) is 0. The number of hydrogen-bond acceptors (Lipinski definition) is 4. The van der Waals surface area contributed by atoms with E-state index in [9.17, 15) is 9.59 Å². The molecule has 3 aromatic rings. The molecular weight excluding hydrogens is 330 g/mol. The second-order valence-corrected chi connectivity index (χ2v) is 5.60. The van der Waals surface area contributed by atoms with E-state index in [4.69, 9.17) is 16.0 Å². The Bertz CT molecular complexity index is 946. The zero-order chi connectivity index (χ0) is 17.1. The summed E-state index contributed by atoms with van der Waals surface area (Å²) in [5, 5.41) is 6.08. The monoisotopic (exact) mass is 345 g/mol. The Morgan fingerprint density at radius 2 is 2.04 bits per heavy atom. The number of amides is 1. The molecule has 0 bridgehead atoms. The van der Waals surface area contributed by atoms with Crippen molar-refractivity contribution in [2.24, 2.45) is 0 Å². The number of aromatic nitrogens is 1. The molecule has 0 aliphatic rings. The standard InChI is InChI=1S/C17H16ClN3O3/c1-19-16(22)12-7-6-11(10-13(12)18)20-8-9-21-14-4-2-3-5-15(14)24-17(21)23/h2-7,10,20H,8-9H2,1H3,(H,19,22). The molecule has 1 heterocycles. The Morgan fingerprint density at radius 1 is 1.25 bits per heavy atom. The average Bonchev–Trinajstić information content (AvgIpc) is 2.90. The zero-order valence-electron chi connectivity index (χ0n) is 13.0. The maximum absolute atomic E-state index is 11.9. The van der Waals surface area contributed by atoms with Crippen LogP contribution in [0.15, 0.2) is 51.7 Å². The molecule has 0 unspecified atom stereocenters. The van der Waals surface area contributed by atoms with Gasteiger partial charge in [0.1, 0.15) is 0 Å². The van der Waals surface area contributed by atoms with Crippen LogP contribution in [0.1, 0.15) is 10.4 Å². The highest BCUT2D eigenvalue weighted by atomic mass is 35.5. The smallest absolute Gasteiger partial charge is 0.408 e. The van der Waals surface area contributed by atoms with Gasteiger partial charge < -0.3 is 15.1 Å². The number of hydrogen-bond donors (Lipinski definition) is 2. The van der Waals surface area contributed by atoms with Gasteiger partial charge >= 0.3 is 5.76 Å². The SMILES string of the molecule is CNC(=O)c1ccc(NCCn2c(=O)oc3ccccc32)cc1Cl. The molecule has 24 heavy (non-hydrogen) atoms. The second kappa shape index (κ2) is 6.80. The summed E-state index contributed by atoms with van der Waals surface area (Å²) in [4.78, 5) is 23.5. The largest absolute Gasteiger partial charge is 0.420 e. The van der Waals surface area contributed by atoms with Crippen LogP contribution in [0.5, 0.6) is 0 Å². The van der Waals surface area contributed by atoms with Crippen LogP contribution in [0.3, 0.4) is 0 Å². The summed E-state index contributed by atoms with van der Waals surface area (Å²) < 4.78 is 6.76. The number of oxazole rings is 1. The highest BCUT2D eigenvalue weighted by Crippen LogP contribution is 2.21. The maximum atomic E-state index is 11.9. The number of para-hydroxylation sites is 2. The Labute approximate surface area is 143 Å². The number of nitrogens with one attached hydrogen (secondary N) is 2. The minimum absolute atomic E-state index is 0.233. The van der Waals surface area contributed by atoms with E-state index in [-0.39, 0.29) is 11.7 Å². The summed E-state index contributed by atoms with van der Waals surface area (Å²) in [5.41, 5.74) is 2.52. The van der Waals surface area contributed by atoms with Crippen molar-refractivity contribution in [3.8, 4) is 0 Å². The number of nitrogens with zero attached hydrogens (tertiary/aromatic N) is 1. The Hall–Kier alpha value is -2.73. The molecule has 0 aliphatic carbocycles. The quantitative estimate of drug-likeness (QED) is 0.745. The van der Waals surface area contributed by atoms with Gasteiger partial charge in [0.15, 0.2) is 5.58 Å². The first kappa shape index (κ1) is 16.1. The summed E-state index contributed by atoms with van der Waals surface area (Å²) in [6.45, 7) is 0.962. The molecule has 3 rings (SSSR count). The van der Waals surface area contributed by atoms with E-state index in [0.717, 1.165) is 11.2 Å². The number of carbonyl (C=O) groups excluding carboxylic acids is 1. The number of anilines is 1. The Morgan fingerprint density at radius 3 is 2.79 bits per heavy atom. The molecule has 2 N–H and O–H groups in total. The van der Waals surface area contributed by atoms with Crippen molar-refractivity contribution in [1.29, 1.82) is 0 Å². The van der Waals surface area contributed by atoms with Crippen LogP contribution in [0, 0.1) is 0 Å². The van der Waals surface area contributed by atoms with Gasteiger partial charge in [0.25, 0.3) is 5.91 Å². The van der Waals surface area contributed by atoms with Crippen LogP contribution in [0.25, 0.3) is 11.1 Å². The van der Waals surface area contributed by atoms with Crippen molar-refractivity contribution >= 4 is 34.3 Å². The molecule has 2 aromatic carbocycles. The van der Waals surface area contributed by atoms with E-state index in [1.165, 1.54) is 0 Å². The van der Waals surface area contributed by atoms with E-state index < -0.39 is 0 Å². The lowest BCUT2D eigenvalue weighted by Crippen LogP contribution is -2.20. The lowest BCUT2D eigenvalue weighted by atomic mass is 10.2. The van der Waals surface area contributed by atoms with Crippen LogP contribution in [0.4, 0.5) is 5.69 Å². The average molecular weight is 346 g/mol. The van der Waals surface area contributed by atoms with Crippen molar-refractivity contribution in [2.45, 2.75) is 6.54 Å². The van der Waals surface area contributed by atoms with E-state index in [1.54, 1.807) is 35.9 Å². The number of halogens is 1. The number of benzene rings is 2. The van der Waals surface area contributed by atoms with Crippen LogP contribution in [-0.2, 0) is 6.54 Å². The second-order valence-electron chi connectivity index (χ2n) is 5.19. The molecule has 1 aromatic heterocycles. The van der Waals surface area contributed by atoms with E-state index in [1.807, 2.05) is 18.2 Å². The zero-order valence-corrected chi connectivity index (χ0v) is 13.8. The normalized spacial score (nSPS) is 10.8. The van der Waals surface area contributed by atoms with Crippen LogP contribution in [0.2, 0.25) is 5.02 Å². The highest BCUT2D eigenvalue weighted by Gasteiger charge is 2.10. The van der Waals surface area contributed by atoms with Crippen molar-refractivity contribution in [3.63, 3.8) is 0 Å². The van der Waals surface area contributed by atoms with E-state index in [0.29, 0.717) is 29.3 Å². The van der Waals surface area contributed by atoms with E-state index in [2.05, 4.69) is 10.6 Å². The predicted octanol–water partition coefficient (Wildman–Crippen LogP) is 2.72. The van der Waals surface area contributed by atoms with Gasteiger partial charge in [0, 0.05) is 25.8 Å². The highest BCUT2D eigenvalue weighted by molar-refractivity contribution is 6.34. The first-order chi connectivity index (χ1) is 11.6. The minimum atomic E-state index is -0.383. The van der Waals surface area contributed by atoms with Gasteiger partial charge in [0.05, 0.1) is 16.1 Å². The third kappa shape index (κ3) is 3.14. The fourth-order valence-electron chi connectivity index (χ4n) is 2.48. The van der Waals surface area contributed by atoms with Crippen molar-refractivity contribution in [1.82, 2.24) is 9.88 Å². The maximum Gasteiger partial charge on any atom is 0.420 e. The van der Waals surface area contributed by atoms with Gasteiger partial charge in [-0.05, 0) is 30.3 Å². The molecule has 7 heteroatoms. The number of fused-ring (bicyclic) bond motifs is 1. The van der Waals surface area contributed by atoms with Crippen LogP contribution in [-0.4, -0.2) is 24.1 Å². The molecule has 0 spiro atoms. The molecule has 0 fully saturated rings. The molecule has 6 nitrogen and oxygen atoms in total. The van der Waals surface area contributed by atoms with Gasteiger partial charge in [-0.2, -0.15) is 0 Å². The first-order valence-corrected chi connectivity index (χ1v) is 7.82. The molecular formula is C17H16ClN3O3. The minimum Gasteiger partial charge on any atom is -0.408 e. The predicted molar refractivity (Wildman–Crippen MR) is 93.8 cm³/mol. The molecule has 0 radical (unpaired) electrons. The van der Waals surface area contributed by atoms with Crippen LogP contribution < -0.4 is 16.4 Å². The summed E-state index contributed by atoms with van der Waals surface area (Å²) in [7, 11) is 1.55. The van der Waals surface area contributed by atoms with Crippen molar-refractivity contribution < 1.29 is 9.21 Å². The van der Waals surface area contributed by atoms with Gasteiger partial charge in [-0.3, -0.25) is 9.36 Å². The van der Waals surface area contributed by atoms with Crippen LogP contribution >= 0.6 is 11.6 Å². The number of rotatable bonds is 5. The third-order valence-corrected chi connectivity index (χ3v) is 3.99. The lowest BCUT2D eigenvalue weighted by Gasteiger charge is -2.09.